The molecule has 3 nitrogen and oxygen atoms in total. The monoisotopic (exact) mass is 303 g/mol. The van der Waals surface area contributed by atoms with Gasteiger partial charge in [-0.25, -0.2) is 0 Å². The topological polar surface area (TPSA) is 49.3 Å². The number of rotatable bonds is 5. The molecule has 4 heteroatoms. The van der Waals surface area contributed by atoms with Crippen molar-refractivity contribution in [2.75, 3.05) is 6.54 Å². The molecule has 0 heterocycles. The Bertz CT molecular complexity index is 610. The fourth-order valence-corrected chi connectivity index (χ4v) is 2.28. The van der Waals surface area contributed by atoms with Gasteiger partial charge in [0.15, 0.2) is 0 Å². The molecular formula is C17H18ClNO2. The smallest absolute Gasteiger partial charge is 0.224 e. The predicted octanol–water partition coefficient (Wildman–Crippen LogP) is 3.04. The van der Waals surface area contributed by atoms with Crippen LogP contribution in [-0.2, 0) is 11.2 Å². The van der Waals surface area contributed by atoms with E-state index in [1.165, 1.54) is 0 Å². The Kier molecular flexibility index (Phi) is 5.37. The van der Waals surface area contributed by atoms with Crippen molar-refractivity contribution in [1.29, 1.82) is 0 Å². The van der Waals surface area contributed by atoms with Crippen molar-refractivity contribution in [2.24, 2.45) is 0 Å². The zero-order valence-electron chi connectivity index (χ0n) is 11.8. The minimum atomic E-state index is -0.805. The summed E-state index contributed by atoms with van der Waals surface area (Å²) in [6.07, 6.45) is -0.504. The van der Waals surface area contributed by atoms with Crippen molar-refractivity contribution in [3.05, 3.63) is 70.2 Å². The van der Waals surface area contributed by atoms with Crippen LogP contribution in [0.25, 0.3) is 0 Å². The molecule has 21 heavy (non-hydrogen) atoms. The molecule has 1 atom stereocenters. The number of nitrogens with one attached hydrogen (secondary N) is 1. The maximum atomic E-state index is 11.9. The maximum Gasteiger partial charge on any atom is 0.224 e. The van der Waals surface area contributed by atoms with E-state index in [0.29, 0.717) is 17.0 Å². The normalized spacial score (nSPS) is 12.0. The summed E-state index contributed by atoms with van der Waals surface area (Å²) in [7, 11) is 0. The van der Waals surface area contributed by atoms with Gasteiger partial charge in [-0.3, -0.25) is 4.79 Å². The van der Waals surface area contributed by atoms with Crippen LogP contribution in [0.4, 0.5) is 0 Å². The molecule has 0 aromatic heterocycles. The molecule has 0 saturated carbocycles. The van der Waals surface area contributed by atoms with Crippen molar-refractivity contribution < 1.29 is 9.90 Å². The van der Waals surface area contributed by atoms with Gasteiger partial charge >= 0.3 is 0 Å². The lowest BCUT2D eigenvalue weighted by atomic mass is 10.1. The molecule has 0 fully saturated rings. The molecule has 0 aliphatic heterocycles. The van der Waals surface area contributed by atoms with Gasteiger partial charge in [-0.05, 0) is 18.6 Å². The number of halogens is 1. The highest BCUT2D eigenvalue weighted by Gasteiger charge is 2.12. The van der Waals surface area contributed by atoms with Gasteiger partial charge in [0.25, 0.3) is 0 Å². The van der Waals surface area contributed by atoms with E-state index in [-0.39, 0.29) is 12.5 Å². The van der Waals surface area contributed by atoms with Gasteiger partial charge in [-0.15, -0.1) is 0 Å². The fraction of sp³-hybridized carbons (Fsp3) is 0.235. The summed E-state index contributed by atoms with van der Waals surface area (Å²) in [5, 5.41) is 13.3. The van der Waals surface area contributed by atoms with Crippen molar-refractivity contribution in [3.63, 3.8) is 0 Å². The van der Waals surface area contributed by atoms with E-state index in [4.69, 9.17) is 11.6 Å². The Hall–Kier alpha value is -1.84. The summed E-state index contributed by atoms with van der Waals surface area (Å²) >= 11 is 6.01. The van der Waals surface area contributed by atoms with Gasteiger partial charge < -0.3 is 10.4 Å². The number of benzene rings is 2. The first-order chi connectivity index (χ1) is 10.1. The van der Waals surface area contributed by atoms with Crippen LogP contribution in [0.3, 0.4) is 0 Å². The quantitative estimate of drug-likeness (QED) is 0.892. The lowest BCUT2D eigenvalue weighted by Gasteiger charge is -2.13. The van der Waals surface area contributed by atoms with E-state index in [0.717, 1.165) is 11.1 Å². The van der Waals surface area contributed by atoms with E-state index in [2.05, 4.69) is 5.32 Å². The first-order valence-electron chi connectivity index (χ1n) is 6.81. The summed E-state index contributed by atoms with van der Waals surface area (Å²) < 4.78 is 0. The zero-order valence-corrected chi connectivity index (χ0v) is 12.6. The third-order valence-electron chi connectivity index (χ3n) is 3.24. The molecule has 0 spiro atoms. The Balaban J connectivity index is 1.86. The third kappa shape index (κ3) is 4.59. The number of amides is 1. The standard InChI is InChI=1S/C17H18ClNO2/c1-12-6-8-13(9-7-12)10-17(21)19-11-16(20)14-4-2-3-5-15(14)18/h2-9,16,20H,10-11H2,1H3,(H,19,21). The molecule has 1 amide bonds. The molecule has 0 aliphatic carbocycles. The molecule has 2 rings (SSSR count). The fourth-order valence-electron chi connectivity index (χ4n) is 2.02. The Morgan fingerprint density at radius 2 is 1.86 bits per heavy atom. The van der Waals surface area contributed by atoms with Crippen LogP contribution in [0, 0.1) is 6.92 Å². The molecule has 0 radical (unpaired) electrons. The molecule has 0 saturated heterocycles. The molecule has 110 valence electrons. The highest BCUT2D eigenvalue weighted by Crippen LogP contribution is 2.21. The Morgan fingerprint density at radius 3 is 2.52 bits per heavy atom. The molecule has 0 aliphatic rings. The van der Waals surface area contributed by atoms with Gasteiger partial charge in [0.2, 0.25) is 5.91 Å². The number of carbonyl (C=O) groups is 1. The van der Waals surface area contributed by atoms with E-state index >= 15 is 0 Å². The van der Waals surface area contributed by atoms with Crippen molar-refractivity contribution in [2.45, 2.75) is 19.4 Å². The lowest BCUT2D eigenvalue weighted by Crippen LogP contribution is -2.29. The van der Waals surface area contributed by atoms with Crippen molar-refractivity contribution >= 4 is 17.5 Å². The van der Waals surface area contributed by atoms with Crippen molar-refractivity contribution in [1.82, 2.24) is 5.32 Å². The van der Waals surface area contributed by atoms with Crippen LogP contribution in [0.2, 0.25) is 5.02 Å². The number of aliphatic hydroxyl groups excluding tert-OH is 1. The first kappa shape index (κ1) is 15.5. The molecule has 2 aromatic rings. The van der Waals surface area contributed by atoms with E-state index < -0.39 is 6.10 Å². The van der Waals surface area contributed by atoms with Crippen LogP contribution in [0.5, 0.6) is 0 Å². The predicted molar refractivity (Wildman–Crippen MR) is 84.3 cm³/mol. The third-order valence-corrected chi connectivity index (χ3v) is 3.59. The largest absolute Gasteiger partial charge is 0.387 e. The van der Waals surface area contributed by atoms with Gasteiger partial charge in [0.05, 0.1) is 12.5 Å². The zero-order chi connectivity index (χ0) is 15.2. The highest BCUT2D eigenvalue weighted by molar-refractivity contribution is 6.31. The van der Waals surface area contributed by atoms with Crippen LogP contribution in [-0.4, -0.2) is 17.6 Å². The SMILES string of the molecule is Cc1ccc(CC(=O)NCC(O)c2ccccc2Cl)cc1. The number of carbonyl (C=O) groups excluding carboxylic acids is 1. The number of hydrogen-bond donors (Lipinski definition) is 2. The second-order valence-corrected chi connectivity index (χ2v) is 5.41. The molecule has 2 aromatic carbocycles. The second-order valence-electron chi connectivity index (χ2n) is 5.00. The Morgan fingerprint density at radius 1 is 1.19 bits per heavy atom. The summed E-state index contributed by atoms with van der Waals surface area (Å²) in [5.41, 5.74) is 2.73. The van der Waals surface area contributed by atoms with Gasteiger partial charge in [-0.1, -0.05) is 59.6 Å². The minimum absolute atomic E-state index is 0.120. The summed E-state index contributed by atoms with van der Waals surface area (Å²) in [6.45, 7) is 2.15. The average Bonchev–Trinajstić information content (AvgIpc) is 2.48. The van der Waals surface area contributed by atoms with E-state index in [9.17, 15) is 9.90 Å². The van der Waals surface area contributed by atoms with Gasteiger partial charge in [0, 0.05) is 17.1 Å². The summed E-state index contributed by atoms with van der Waals surface area (Å²) in [5.74, 6) is -0.120. The van der Waals surface area contributed by atoms with Gasteiger partial charge in [0.1, 0.15) is 0 Å². The summed E-state index contributed by atoms with van der Waals surface area (Å²) in [6, 6.07) is 14.9. The highest BCUT2D eigenvalue weighted by atomic mass is 35.5. The molecule has 1 unspecified atom stereocenters. The van der Waals surface area contributed by atoms with E-state index in [1.54, 1.807) is 24.3 Å². The summed E-state index contributed by atoms with van der Waals surface area (Å²) in [4.78, 5) is 11.9. The Labute approximate surface area is 129 Å². The first-order valence-corrected chi connectivity index (χ1v) is 7.19. The minimum Gasteiger partial charge on any atom is -0.387 e. The second kappa shape index (κ2) is 7.25. The van der Waals surface area contributed by atoms with Crippen LogP contribution in [0.15, 0.2) is 48.5 Å². The molecule has 0 bridgehead atoms. The van der Waals surface area contributed by atoms with Crippen molar-refractivity contribution in [3.8, 4) is 0 Å². The van der Waals surface area contributed by atoms with Crippen LogP contribution in [0.1, 0.15) is 22.8 Å². The lowest BCUT2D eigenvalue weighted by molar-refractivity contribution is -0.120. The molecular weight excluding hydrogens is 286 g/mol. The maximum absolute atomic E-state index is 11.9. The van der Waals surface area contributed by atoms with Gasteiger partial charge in [-0.2, -0.15) is 0 Å². The average molecular weight is 304 g/mol. The van der Waals surface area contributed by atoms with Crippen LogP contribution < -0.4 is 5.32 Å². The number of aliphatic hydroxyl groups is 1. The number of hydrogen-bond acceptors (Lipinski definition) is 2. The number of aryl methyl sites for hydroxylation is 1. The molecule has 2 N–H and O–H groups in total. The van der Waals surface area contributed by atoms with Crippen LogP contribution >= 0.6 is 11.6 Å². The van der Waals surface area contributed by atoms with E-state index in [1.807, 2.05) is 31.2 Å².